The number of imidazole rings is 1. The summed E-state index contributed by atoms with van der Waals surface area (Å²) in [7, 11) is 0. The van der Waals surface area contributed by atoms with E-state index in [9.17, 15) is 9.90 Å². The Balaban J connectivity index is 1.00. The monoisotopic (exact) mass is 624 g/mol. The van der Waals surface area contributed by atoms with E-state index in [-0.39, 0.29) is 35.5 Å². The van der Waals surface area contributed by atoms with Crippen molar-refractivity contribution in [3.8, 4) is 0 Å². The molecule has 3 atom stereocenters. The molecule has 10 heteroatoms. The molecule has 2 amide bonds. The zero-order valence-electron chi connectivity index (χ0n) is 24.1. The average molecular weight is 626 g/mol. The van der Waals surface area contributed by atoms with E-state index < -0.39 is 6.29 Å². The Morgan fingerprint density at radius 1 is 0.907 bits per heavy atom. The molecule has 4 saturated carbocycles. The Morgan fingerprint density at radius 2 is 1.53 bits per heavy atom. The second kappa shape index (κ2) is 12.1. The molecule has 228 valence electrons. The summed E-state index contributed by atoms with van der Waals surface area (Å²) in [6.07, 6.45) is 8.67. The van der Waals surface area contributed by atoms with Gasteiger partial charge in [-0.2, -0.15) is 0 Å². The number of ether oxygens (including phenoxy) is 2. The van der Waals surface area contributed by atoms with E-state index in [2.05, 4.69) is 15.6 Å². The third-order valence-corrected chi connectivity index (χ3v) is 10.6. The van der Waals surface area contributed by atoms with E-state index in [1.807, 2.05) is 48.5 Å². The number of nitrogens with one attached hydrogen (secondary N) is 2. The van der Waals surface area contributed by atoms with Crippen LogP contribution in [0.15, 0.2) is 54.9 Å². The van der Waals surface area contributed by atoms with Gasteiger partial charge in [0, 0.05) is 24.1 Å². The van der Waals surface area contributed by atoms with Gasteiger partial charge in [0.25, 0.3) is 0 Å². The highest BCUT2D eigenvalue weighted by molar-refractivity contribution is 6.40. The minimum atomic E-state index is -0.597. The number of hydrogen-bond donors (Lipinski definition) is 3. The summed E-state index contributed by atoms with van der Waals surface area (Å²) in [4.78, 5) is 17.0. The maximum atomic E-state index is 12.9. The Hall–Kier alpha value is -2.62. The second-order valence-corrected chi connectivity index (χ2v) is 13.8. The van der Waals surface area contributed by atoms with E-state index in [4.69, 9.17) is 32.7 Å². The lowest BCUT2D eigenvalue weighted by molar-refractivity contribution is -0.252. The highest BCUT2D eigenvalue weighted by Crippen LogP contribution is 2.55. The van der Waals surface area contributed by atoms with E-state index in [0.29, 0.717) is 24.7 Å². The highest BCUT2D eigenvalue weighted by atomic mass is 35.5. The van der Waals surface area contributed by atoms with Gasteiger partial charge in [-0.3, -0.25) is 0 Å². The first kappa shape index (κ1) is 29.1. The van der Waals surface area contributed by atoms with Gasteiger partial charge in [-0.15, -0.1) is 0 Å². The summed E-state index contributed by atoms with van der Waals surface area (Å²) in [5.74, 6) is 2.37. The first-order valence-electron chi connectivity index (χ1n) is 15.4. The van der Waals surface area contributed by atoms with Crippen molar-refractivity contribution in [3.63, 3.8) is 0 Å². The number of aliphatic hydroxyl groups excluding tert-OH is 1. The molecule has 8 nitrogen and oxygen atoms in total. The summed E-state index contributed by atoms with van der Waals surface area (Å²) >= 11 is 12.4. The number of aromatic nitrogens is 2. The number of amides is 2. The zero-order valence-corrected chi connectivity index (χ0v) is 25.6. The predicted octanol–water partition coefficient (Wildman–Crippen LogP) is 6.70. The summed E-state index contributed by atoms with van der Waals surface area (Å²) in [6, 6.07) is 15.7. The molecule has 2 aromatic carbocycles. The molecule has 43 heavy (non-hydrogen) atoms. The molecule has 1 aromatic heterocycles. The third-order valence-electron chi connectivity index (χ3n) is 9.87. The SMILES string of the molecule is O=C(NCc1ccc(C2OC(Cn3cnc(Cl)c3Cl)CC(c3ccc(CO)cc3)O2)cc1)NC12CC3CC(CC(C3)C1)C2. The molecule has 3 aromatic rings. The minimum absolute atomic E-state index is 0.00385. The Kier molecular flexibility index (Phi) is 8.16. The van der Waals surface area contributed by atoms with Gasteiger partial charge in [-0.05, 0) is 73.0 Å². The van der Waals surface area contributed by atoms with Crippen molar-refractivity contribution in [1.29, 1.82) is 0 Å². The van der Waals surface area contributed by atoms with Crippen molar-refractivity contribution in [2.24, 2.45) is 17.8 Å². The van der Waals surface area contributed by atoms with Crippen LogP contribution in [0.4, 0.5) is 4.79 Å². The van der Waals surface area contributed by atoms with Gasteiger partial charge in [-0.25, -0.2) is 9.78 Å². The Bertz CT molecular complexity index is 1410. The molecule has 0 radical (unpaired) electrons. The lowest BCUT2D eigenvalue weighted by Crippen LogP contribution is -2.61. The van der Waals surface area contributed by atoms with Crippen LogP contribution in [-0.4, -0.2) is 32.3 Å². The van der Waals surface area contributed by atoms with Crippen LogP contribution in [0.1, 0.15) is 79.6 Å². The molecule has 1 saturated heterocycles. The standard InChI is InChI=1S/C33H38Cl2N4O4/c34-29-30(35)39(19-37-29)17-27-12-28(25-5-3-21(18-40)4-6-25)43-31(42-27)26-7-1-20(2-8-26)16-36-32(41)38-33-13-22-9-23(14-33)11-24(10-22)15-33/h1-8,19,22-24,27-28,31,40H,9-18H2,(H2,36,38,41). The number of nitrogens with zero attached hydrogens (tertiary/aromatic N) is 2. The quantitative estimate of drug-likeness (QED) is 0.259. The predicted molar refractivity (Wildman–Crippen MR) is 163 cm³/mol. The van der Waals surface area contributed by atoms with Crippen molar-refractivity contribution in [3.05, 3.63) is 87.4 Å². The first-order chi connectivity index (χ1) is 20.8. The topological polar surface area (TPSA) is 97.6 Å². The average Bonchev–Trinajstić information content (AvgIpc) is 3.31. The van der Waals surface area contributed by atoms with Gasteiger partial charge >= 0.3 is 6.03 Å². The fourth-order valence-corrected chi connectivity index (χ4v) is 8.56. The van der Waals surface area contributed by atoms with Crippen LogP contribution in [0.3, 0.4) is 0 Å². The number of carbonyl (C=O) groups excluding carboxylic acids is 1. The van der Waals surface area contributed by atoms with Crippen molar-refractivity contribution in [1.82, 2.24) is 20.2 Å². The molecule has 4 aliphatic carbocycles. The van der Waals surface area contributed by atoms with Crippen LogP contribution >= 0.6 is 23.2 Å². The smallest absolute Gasteiger partial charge is 0.315 e. The molecule has 2 heterocycles. The zero-order chi connectivity index (χ0) is 29.6. The van der Waals surface area contributed by atoms with E-state index in [1.165, 1.54) is 19.3 Å². The summed E-state index contributed by atoms with van der Waals surface area (Å²) < 4.78 is 14.7. The molecule has 4 bridgehead atoms. The fourth-order valence-electron chi connectivity index (χ4n) is 8.25. The number of benzene rings is 2. The van der Waals surface area contributed by atoms with Crippen LogP contribution in [0.5, 0.6) is 0 Å². The molecule has 5 fully saturated rings. The minimum Gasteiger partial charge on any atom is -0.392 e. The molecule has 5 aliphatic rings. The number of aliphatic hydroxyl groups is 1. The lowest BCUT2D eigenvalue weighted by Gasteiger charge is -2.56. The fraction of sp³-hybridized carbons (Fsp3) is 0.515. The summed E-state index contributed by atoms with van der Waals surface area (Å²) in [5.41, 5.74) is 3.75. The maximum absolute atomic E-state index is 12.9. The number of hydrogen-bond acceptors (Lipinski definition) is 5. The maximum Gasteiger partial charge on any atom is 0.315 e. The van der Waals surface area contributed by atoms with Crippen molar-refractivity contribution in [2.45, 2.75) is 88.7 Å². The van der Waals surface area contributed by atoms with Gasteiger partial charge in [0.2, 0.25) is 0 Å². The molecule has 8 rings (SSSR count). The van der Waals surface area contributed by atoms with E-state index in [0.717, 1.165) is 59.3 Å². The highest BCUT2D eigenvalue weighted by Gasteiger charge is 2.51. The van der Waals surface area contributed by atoms with Crippen molar-refractivity contribution < 1.29 is 19.4 Å². The molecular formula is C33H38Cl2N4O4. The molecule has 3 unspecified atom stereocenters. The van der Waals surface area contributed by atoms with E-state index in [1.54, 1.807) is 10.9 Å². The normalized spacial score (nSPS) is 31.2. The molecule has 0 spiro atoms. The molecule has 1 aliphatic heterocycles. The number of halogens is 2. The largest absolute Gasteiger partial charge is 0.392 e. The van der Waals surface area contributed by atoms with Gasteiger partial charge in [-0.1, -0.05) is 71.7 Å². The molecule has 3 N–H and O–H groups in total. The van der Waals surface area contributed by atoms with Crippen LogP contribution in [0, 0.1) is 17.8 Å². The van der Waals surface area contributed by atoms with E-state index >= 15 is 0 Å². The third kappa shape index (κ3) is 6.31. The van der Waals surface area contributed by atoms with Gasteiger partial charge in [0.05, 0.1) is 31.7 Å². The van der Waals surface area contributed by atoms with Gasteiger partial charge in [0.1, 0.15) is 5.15 Å². The van der Waals surface area contributed by atoms with Crippen LogP contribution < -0.4 is 10.6 Å². The molecular weight excluding hydrogens is 587 g/mol. The van der Waals surface area contributed by atoms with Crippen LogP contribution in [0.25, 0.3) is 0 Å². The Morgan fingerprint density at radius 3 is 2.14 bits per heavy atom. The second-order valence-electron chi connectivity index (χ2n) is 13.1. The van der Waals surface area contributed by atoms with Crippen molar-refractivity contribution >= 4 is 29.2 Å². The first-order valence-corrected chi connectivity index (χ1v) is 16.1. The summed E-state index contributed by atoms with van der Waals surface area (Å²) in [5, 5.41) is 16.6. The van der Waals surface area contributed by atoms with Crippen LogP contribution in [-0.2, 0) is 29.2 Å². The number of carbonyl (C=O) groups is 1. The number of urea groups is 1. The summed E-state index contributed by atoms with van der Waals surface area (Å²) in [6.45, 7) is 0.920. The lowest BCUT2D eigenvalue weighted by atomic mass is 9.53. The number of rotatable bonds is 8. The van der Waals surface area contributed by atoms with Gasteiger partial charge < -0.3 is 29.8 Å². The van der Waals surface area contributed by atoms with Crippen molar-refractivity contribution in [2.75, 3.05) is 0 Å². The van der Waals surface area contributed by atoms with Crippen LogP contribution in [0.2, 0.25) is 10.3 Å². The Labute approximate surface area is 262 Å². The van der Waals surface area contributed by atoms with Gasteiger partial charge in [0.15, 0.2) is 11.4 Å².